The van der Waals surface area contributed by atoms with Gasteiger partial charge in [0.2, 0.25) is 0 Å². The molecule has 0 aromatic rings. The molecule has 1 aliphatic rings. The molecule has 5 unspecified atom stereocenters. The summed E-state index contributed by atoms with van der Waals surface area (Å²) in [4.78, 5) is 11.8. The van der Waals surface area contributed by atoms with E-state index in [0.29, 0.717) is 41.8 Å². The first-order valence-electron chi connectivity index (χ1n) is 8.41. The van der Waals surface area contributed by atoms with Crippen LogP contribution in [-0.2, 0) is 9.53 Å². The van der Waals surface area contributed by atoms with Gasteiger partial charge in [-0.2, -0.15) is 0 Å². The molecule has 118 valence electrons. The molecule has 0 aromatic carbocycles. The number of rotatable bonds is 8. The Labute approximate surface area is 125 Å². The Hall–Kier alpha value is -0.370. The van der Waals surface area contributed by atoms with Crippen molar-refractivity contribution in [3.05, 3.63) is 0 Å². The third-order valence-corrected chi connectivity index (χ3v) is 5.82. The van der Waals surface area contributed by atoms with Crippen molar-refractivity contribution in [2.24, 2.45) is 29.6 Å². The standard InChI is InChI=1S/C18H34O2/c1-8-10-20-18(6,7)14(5)17-13(4)12(3)16(17)11-15(19)9-2/h12-14,16-17H,8-11H2,1-7H3. The number of hydrogen-bond acceptors (Lipinski definition) is 2. The van der Waals surface area contributed by atoms with Gasteiger partial charge in [-0.25, -0.2) is 0 Å². The van der Waals surface area contributed by atoms with Crippen LogP contribution in [0, 0.1) is 29.6 Å². The summed E-state index contributed by atoms with van der Waals surface area (Å²) in [6.45, 7) is 16.3. The van der Waals surface area contributed by atoms with Crippen LogP contribution in [0.15, 0.2) is 0 Å². The minimum atomic E-state index is -0.0947. The number of ether oxygens (including phenoxy) is 1. The van der Waals surface area contributed by atoms with Crippen LogP contribution in [0.5, 0.6) is 0 Å². The zero-order valence-electron chi connectivity index (χ0n) is 14.5. The molecule has 0 bridgehead atoms. The van der Waals surface area contributed by atoms with E-state index in [1.807, 2.05) is 6.92 Å². The van der Waals surface area contributed by atoms with E-state index in [9.17, 15) is 4.79 Å². The second-order valence-corrected chi connectivity index (χ2v) is 7.30. The van der Waals surface area contributed by atoms with E-state index >= 15 is 0 Å². The minimum Gasteiger partial charge on any atom is -0.375 e. The molecule has 0 aromatic heterocycles. The molecule has 1 rings (SSSR count). The molecule has 0 radical (unpaired) electrons. The van der Waals surface area contributed by atoms with Gasteiger partial charge in [0, 0.05) is 19.4 Å². The van der Waals surface area contributed by atoms with E-state index in [2.05, 4.69) is 41.5 Å². The van der Waals surface area contributed by atoms with Crippen LogP contribution >= 0.6 is 0 Å². The molecular weight excluding hydrogens is 248 g/mol. The summed E-state index contributed by atoms with van der Waals surface area (Å²) in [7, 11) is 0. The Bertz CT molecular complexity index is 321. The van der Waals surface area contributed by atoms with Crippen LogP contribution in [-0.4, -0.2) is 18.0 Å². The lowest BCUT2D eigenvalue weighted by atomic mass is 9.51. The Morgan fingerprint density at radius 1 is 1.20 bits per heavy atom. The fourth-order valence-electron chi connectivity index (χ4n) is 3.85. The molecule has 0 aliphatic heterocycles. The first kappa shape index (κ1) is 17.7. The quantitative estimate of drug-likeness (QED) is 0.644. The van der Waals surface area contributed by atoms with E-state index in [1.54, 1.807) is 0 Å². The largest absolute Gasteiger partial charge is 0.375 e. The van der Waals surface area contributed by atoms with Gasteiger partial charge in [-0.05, 0) is 49.9 Å². The highest BCUT2D eigenvalue weighted by Crippen LogP contribution is 2.53. The zero-order valence-corrected chi connectivity index (χ0v) is 14.5. The van der Waals surface area contributed by atoms with Gasteiger partial charge in [0.25, 0.3) is 0 Å². The highest BCUT2D eigenvalue weighted by atomic mass is 16.5. The number of Topliss-reactive ketones (excluding diaryl/α,β-unsaturated/α-hetero) is 1. The van der Waals surface area contributed by atoms with Crippen LogP contribution in [0.25, 0.3) is 0 Å². The predicted molar refractivity (Wildman–Crippen MR) is 84.7 cm³/mol. The van der Waals surface area contributed by atoms with Crippen molar-refractivity contribution in [3.63, 3.8) is 0 Å². The molecule has 1 fully saturated rings. The van der Waals surface area contributed by atoms with Crippen molar-refractivity contribution in [1.29, 1.82) is 0 Å². The molecule has 2 heteroatoms. The van der Waals surface area contributed by atoms with Crippen molar-refractivity contribution in [3.8, 4) is 0 Å². The van der Waals surface area contributed by atoms with E-state index in [4.69, 9.17) is 4.74 Å². The molecule has 0 heterocycles. The molecular formula is C18H34O2. The minimum absolute atomic E-state index is 0.0947. The highest BCUT2D eigenvalue weighted by Gasteiger charge is 2.51. The van der Waals surface area contributed by atoms with E-state index in [-0.39, 0.29) is 5.60 Å². The SMILES string of the molecule is CCCOC(C)(C)C(C)C1C(C)C(C)C1CC(=O)CC. The van der Waals surface area contributed by atoms with Gasteiger partial charge in [0.1, 0.15) is 5.78 Å². The lowest BCUT2D eigenvalue weighted by Gasteiger charge is -2.55. The maximum atomic E-state index is 11.8. The van der Waals surface area contributed by atoms with E-state index in [0.717, 1.165) is 19.4 Å². The first-order valence-corrected chi connectivity index (χ1v) is 8.41. The van der Waals surface area contributed by atoms with Crippen LogP contribution in [0.2, 0.25) is 0 Å². The summed E-state index contributed by atoms with van der Waals surface area (Å²) in [5.41, 5.74) is -0.0947. The van der Waals surface area contributed by atoms with Crippen molar-refractivity contribution in [2.75, 3.05) is 6.61 Å². The third-order valence-electron chi connectivity index (χ3n) is 5.82. The van der Waals surface area contributed by atoms with Crippen molar-refractivity contribution in [2.45, 2.75) is 73.3 Å². The Morgan fingerprint density at radius 3 is 2.30 bits per heavy atom. The molecule has 0 N–H and O–H groups in total. The second kappa shape index (κ2) is 7.06. The van der Waals surface area contributed by atoms with Crippen molar-refractivity contribution >= 4 is 5.78 Å². The van der Waals surface area contributed by atoms with Crippen molar-refractivity contribution in [1.82, 2.24) is 0 Å². The molecule has 1 aliphatic carbocycles. The maximum absolute atomic E-state index is 11.8. The van der Waals surface area contributed by atoms with Gasteiger partial charge in [-0.3, -0.25) is 4.79 Å². The van der Waals surface area contributed by atoms with Crippen LogP contribution in [0.3, 0.4) is 0 Å². The van der Waals surface area contributed by atoms with Gasteiger partial charge in [-0.1, -0.05) is 34.6 Å². The van der Waals surface area contributed by atoms with Gasteiger partial charge in [0.05, 0.1) is 5.60 Å². The topological polar surface area (TPSA) is 26.3 Å². The summed E-state index contributed by atoms with van der Waals surface area (Å²) in [5, 5.41) is 0. The average Bonchev–Trinajstić information content (AvgIpc) is 2.43. The Kier molecular flexibility index (Phi) is 6.25. The summed E-state index contributed by atoms with van der Waals surface area (Å²) in [6, 6.07) is 0. The zero-order chi connectivity index (χ0) is 15.5. The molecule has 0 saturated heterocycles. The third kappa shape index (κ3) is 3.63. The summed E-state index contributed by atoms with van der Waals surface area (Å²) in [5.74, 6) is 3.45. The molecule has 20 heavy (non-hydrogen) atoms. The fraction of sp³-hybridized carbons (Fsp3) is 0.944. The summed E-state index contributed by atoms with van der Waals surface area (Å²) >= 11 is 0. The summed E-state index contributed by atoms with van der Waals surface area (Å²) in [6.07, 6.45) is 2.50. The van der Waals surface area contributed by atoms with Crippen molar-refractivity contribution < 1.29 is 9.53 Å². The van der Waals surface area contributed by atoms with Gasteiger partial charge < -0.3 is 4.74 Å². The average molecular weight is 282 g/mol. The second-order valence-electron chi connectivity index (χ2n) is 7.30. The predicted octanol–water partition coefficient (Wildman–Crippen LogP) is 4.72. The monoisotopic (exact) mass is 282 g/mol. The maximum Gasteiger partial charge on any atom is 0.132 e. The van der Waals surface area contributed by atoms with Gasteiger partial charge in [0.15, 0.2) is 0 Å². The molecule has 0 amide bonds. The molecule has 0 spiro atoms. The fourth-order valence-corrected chi connectivity index (χ4v) is 3.85. The van der Waals surface area contributed by atoms with Crippen LogP contribution in [0.4, 0.5) is 0 Å². The van der Waals surface area contributed by atoms with E-state index in [1.165, 1.54) is 0 Å². The molecule has 2 nitrogen and oxygen atoms in total. The van der Waals surface area contributed by atoms with Gasteiger partial charge in [-0.15, -0.1) is 0 Å². The Morgan fingerprint density at radius 2 is 1.80 bits per heavy atom. The highest BCUT2D eigenvalue weighted by molar-refractivity contribution is 5.78. The van der Waals surface area contributed by atoms with E-state index < -0.39 is 0 Å². The number of carbonyl (C=O) groups is 1. The summed E-state index contributed by atoms with van der Waals surface area (Å²) < 4.78 is 6.08. The first-order chi connectivity index (χ1) is 9.26. The number of ketones is 1. The van der Waals surface area contributed by atoms with Crippen LogP contribution in [0.1, 0.15) is 67.7 Å². The normalized spacial score (nSPS) is 31.8. The molecule has 1 saturated carbocycles. The Balaban J connectivity index is 2.73. The lowest BCUT2D eigenvalue weighted by molar-refractivity contribution is -0.143. The lowest BCUT2D eigenvalue weighted by Crippen LogP contribution is -2.53. The molecule has 5 atom stereocenters. The van der Waals surface area contributed by atoms with Crippen LogP contribution < -0.4 is 0 Å². The number of carbonyl (C=O) groups excluding carboxylic acids is 1. The smallest absolute Gasteiger partial charge is 0.132 e. The van der Waals surface area contributed by atoms with Gasteiger partial charge >= 0.3 is 0 Å². The number of hydrogen-bond donors (Lipinski definition) is 0.